The zero-order valence-corrected chi connectivity index (χ0v) is 18.2. The van der Waals surface area contributed by atoms with Crippen LogP contribution in [0.4, 0.5) is 15.0 Å². The second-order valence-electron chi connectivity index (χ2n) is 7.57. The maximum absolute atomic E-state index is 14.0. The van der Waals surface area contributed by atoms with Gasteiger partial charge < -0.3 is 19.7 Å². The van der Waals surface area contributed by atoms with Gasteiger partial charge in [0.15, 0.2) is 0 Å². The molecule has 0 aliphatic heterocycles. The lowest BCUT2D eigenvalue weighted by Crippen LogP contribution is -2.34. The number of carbonyl (C=O) groups is 1. The molecule has 9 heteroatoms. The number of hydrogen-bond donors (Lipinski definition) is 2. The van der Waals surface area contributed by atoms with E-state index in [1.54, 1.807) is 20.8 Å². The number of anilines is 1. The summed E-state index contributed by atoms with van der Waals surface area (Å²) in [5.41, 5.74) is 0.873. The lowest BCUT2D eigenvalue weighted by Gasteiger charge is -2.21. The summed E-state index contributed by atoms with van der Waals surface area (Å²) in [5, 5.41) is 9.77. The average Bonchev–Trinajstić information content (AvgIpc) is 3.12. The van der Waals surface area contributed by atoms with Crippen molar-refractivity contribution in [1.82, 2.24) is 15.5 Å². The summed E-state index contributed by atoms with van der Waals surface area (Å²) in [6, 6.07) is 4.72. The normalized spacial score (nSPS) is 11.3. The highest BCUT2D eigenvalue weighted by molar-refractivity contribution is 6.31. The van der Waals surface area contributed by atoms with Crippen molar-refractivity contribution in [1.29, 1.82) is 0 Å². The van der Waals surface area contributed by atoms with E-state index in [1.165, 1.54) is 12.1 Å². The Labute approximate surface area is 175 Å². The molecule has 2 rings (SSSR count). The highest BCUT2D eigenvalue weighted by Gasteiger charge is 2.18. The average molecular weight is 427 g/mol. The van der Waals surface area contributed by atoms with Crippen molar-refractivity contribution < 1.29 is 18.7 Å². The van der Waals surface area contributed by atoms with Crippen LogP contribution >= 0.6 is 11.6 Å². The molecule has 0 bridgehead atoms. The van der Waals surface area contributed by atoms with Gasteiger partial charge in [0.1, 0.15) is 29.6 Å². The number of aryl methyl sites for hydroxylation is 1. The minimum atomic E-state index is -0.572. The van der Waals surface area contributed by atoms with Crippen LogP contribution in [0.5, 0.6) is 5.75 Å². The predicted octanol–water partition coefficient (Wildman–Crippen LogP) is 4.30. The maximum atomic E-state index is 14.0. The first-order chi connectivity index (χ1) is 13.6. The molecule has 7 nitrogen and oxygen atoms in total. The Morgan fingerprint density at radius 1 is 1.38 bits per heavy atom. The second kappa shape index (κ2) is 9.82. The van der Waals surface area contributed by atoms with E-state index in [0.717, 1.165) is 17.9 Å². The number of aromatic amines is 1. The molecule has 2 N–H and O–H groups in total. The molecule has 1 amide bonds. The van der Waals surface area contributed by atoms with Crippen molar-refractivity contribution in [2.24, 2.45) is 0 Å². The van der Waals surface area contributed by atoms with Gasteiger partial charge in [0.25, 0.3) is 0 Å². The fourth-order valence-electron chi connectivity index (χ4n) is 2.54. The summed E-state index contributed by atoms with van der Waals surface area (Å²) < 4.78 is 24.9. The van der Waals surface area contributed by atoms with Crippen LogP contribution in [-0.4, -0.2) is 42.1 Å². The van der Waals surface area contributed by atoms with Gasteiger partial charge >= 0.3 is 6.09 Å². The molecule has 29 heavy (non-hydrogen) atoms. The molecule has 0 saturated carbocycles. The van der Waals surface area contributed by atoms with Gasteiger partial charge in [-0.1, -0.05) is 18.5 Å². The topological polar surface area (TPSA) is 79.5 Å². The van der Waals surface area contributed by atoms with Gasteiger partial charge in [-0.2, -0.15) is 5.10 Å². The molecule has 0 fully saturated rings. The van der Waals surface area contributed by atoms with Gasteiger partial charge in [-0.05, 0) is 39.3 Å². The van der Waals surface area contributed by atoms with Crippen LogP contribution in [0.15, 0.2) is 18.2 Å². The summed E-state index contributed by atoms with van der Waals surface area (Å²) in [6.07, 6.45) is 0.286. The lowest BCUT2D eigenvalue weighted by atomic mass is 10.1. The van der Waals surface area contributed by atoms with Crippen molar-refractivity contribution in [2.75, 3.05) is 25.1 Å². The number of hydrogen-bond acceptors (Lipinski definition) is 5. The smallest absolute Gasteiger partial charge is 0.407 e. The molecule has 0 aliphatic carbocycles. The number of amides is 1. The number of benzene rings is 1. The van der Waals surface area contributed by atoms with Crippen molar-refractivity contribution in [3.05, 3.63) is 40.3 Å². The molecule has 1 aromatic heterocycles. The first-order valence-electron chi connectivity index (χ1n) is 9.42. The van der Waals surface area contributed by atoms with Crippen LogP contribution in [0.2, 0.25) is 5.02 Å². The van der Waals surface area contributed by atoms with Crippen molar-refractivity contribution in [3.63, 3.8) is 0 Å². The summed E-state index contributed by atoms with van der Waals surface area (Å²) in [4.78, 5) is 13.6. The second-order valence-corrected chi connectivity index (χ2v) is 7.95. The molecule has 160 valence electrons. The third-order valence-electron chi connectivity index (χ3n) is 3.97. The van der Waals surface area contributed by atoms with Gasteiger partial charge in [-0.3, -0.25) is 5.10 Å². The van der Waals surface area contributed by atoms with E-state index in [2.05, 4.69) is 15.5 Å². The first kappa shape index (κ1) is 22.8. The van der Waals surface area contributed by atoms with Crippen LogP contribution in [0.1, 0.15) is 39.0 Å². The number of nitrogens with zero attached hydrogens (tertiary/aromatic N) is 2. The predicted molar refractivity (Wildman–Crippen MR) is 111 cm³/mol. The Morgan fingerprint density at radius 3 is 2.72 bits per heavy atom. The molecular weight excluding hydrogens is 399 g/mol. The van der Waals surface area contributed by atoms with E-state index in [9.17, 15) is 9.18 Å². The number of alkyl carbamates (subject to hydrolysis) is 1. The number of halogens is 2. The molecule has 0 atom stereocenters. The number of carbonyl (C=O) groups excluding carboxylic acids is 1. The molecule has 0 radical (unpaired) electrons. The molecular formula is C20H28ClFN4O3. The Balaban J connectivity index is 2.01. The third kappa shape index (κ3) is 6.81. The molecule has 0 saturated heterocycles. The van der Waals surface area contributed by atoms with Crippen molar-refractivity contribution in [2.45, 2.75) is 46.3 Å². The van der Waals surface area contributed by atoms with Crippen LogP contribution in [0.25, 0.3) is 0 Å². The lowest BCUT2D eigenvalue weighted by molar-refractivity contribution is 0.0520. The zero-order chi connectivity index (χ0) is 21.6. The van der Waals surface area contributed by atoms with Gasteiger partial charge in [0, 0.05) is 25.2 Å². The third-order valence-corrected chi connectivity index (χ3v) is 4.38. The van der Waals surface area contributed by atoms with Crippen LogP contribution in [0.3, 0.4) is 0 Å². The summed E-state index contributed by atoms with van der Waals surface area (Å²) >= 11 is 6.20. The fourth-order valence-corrected chi connectivity index (χ4v) is 2.75. The number of H-pyrrole nitrogens is 1. The Kier molecular flexibility index (Phi) is 7.73. The summed E-state index contributed by atoms with van der Waals surface area (Å²) in [6.45, 7) is 8.11. The first-order valence-corrected chi connectivity index (χ1v) is 9.80. The minimum Gasteiger partial charge on any atom is -0.491 e. The van der Waals surface area contributed by atoms with E-state index in [0.29, 0.717) is 17.9 Å². The van der Waals surface area contributed by atoms with Gasteiger partial charge in [0.2, 0.25) is 0 Å². The molecule has 1 aromatic carbocycles. The number of rotatable bonds is 8. The van der Waals surface area contributed by atoms with Crippen LogP contribution in [-0.2, 0) is 17.7 Å². The van der Waals surface area contributed by atoms with Gasteiger partial charge in [-0.15, -0.1) is 0 Å². The largest absolute Gasteiger partial charge is 0.491 e. The SMILES string of the molecule is CCc1cc(N(C)Cc2c(OCCNC(=O)OC(C)(C)C)ccc(F)c2Cl)[nH]n1. The number of ether oxygens (including phenoxy) is 2. The Morgan fingerprint density at radius 2 is 2.10 bits per heavy atom. The quantitative estimate of drug-likeness (QED) is 0.615. The van der Waals surface area contributed by atoms with Crippen LogP contribution in [0, 0.1) is 5.82 Å². The molecule has 0 unspecified atom stereocenters. The fraction of sp³-hybridized carbons (Fsp3) is 0.500. The van der Waals surface area contributed by atoms with E-state index in [4.69, 9.17) is 21.1 Å². The maximum Gasteiger partial charge on any atom is 0.407 e. The summed E-state index contributed by atoms with van der Waals surface area (Å²) in [7, 11) is 1.85. The van der Waals surface area contributed by atoms with Crippen molar-refractivity contribution >= 4 is 23.5 Å². The number of aromatic nitrogens is 2. The van der Waals surface area contributed by atoms with Gasteiger partial charge in [0.05, 0.1) is 17.3 Å². The Hall–Kier alpha value is -2.48. The Bertz CT molecular complexity index is 836. The minimum absolute atomic E-state index is 0.00433. The van der Waals surface area contributed by atoms with Gasteiger partial charge in [-0.25, -0.2) is 9.18 Å². The monoisotopic (exact) mass is 426 g/mol. The number of nitrogens with one attached hydrogen (secondary N) is 2. The molecule has 0 spiro atoms. The van der Waals surface area contributed by atoms with E-state index in [1.807, 2.05) is 24.9 Å². The standard InChI is InChI=1S/C20H28ClFN4O3/c1-6-13-11-17(25-24-13)26(5)12-14-16(8-7-15(22)18(14)21)28-10-9-23-19(27)29-20(2,3)4/h7-8,11H,6,9-10,12H2,1-5H3,(H,23,27)(H,24,25). The van der Waals surface area contributed by atoms with E-state index in [-0.39, 0.29) is 18.2 Å². The van der Waals surface area contributed by atoms with Crippen molar-refractivity contribution in [3.8, 4) is 5.75 Å². The van der Waals surface area contributed by atoms with E-state index < -0.39 is 17.5 Å². The van der Waals surface area contributed by atoms with E-state index >= 15 is 0 Å². The molecule has 1 heterocycles. The highest BCUT2D eigenvalue weighted by atomic mass is 35.5. The molecule has 2 aromatic rings. The van der Waals surface area contributed by atoms with Crippen LogP contribution < -0.4 is 15.0 Å². The highest BCUT2D eigenvalue weighted by Crippen LogP contribution is 2.31. The molecule has 0 aliphatic rings. The summed E-state index contributed by atoms with van der Waals surface area (Å²) in [5.74, 6) is 0.720. The zero-order valence-electron chi connectivity index (χ0n) is 17.4.